The van der Waals surface area contributed by atoms with E-state index < -0.39 is 0 Å². The molecule has 0 N–H and O–H groups in total. The van der Waals surface area contributed by atoms with E-state index in [1.807, 2.05) is 0 Å². The molecule has 0 amide bonds. The van der Waals surface area contributed by atoms with Gasteiger partial charge in [-0.05, 0) is 32.1 Å². The van der Waals surface area contributed by atoms with Crippen molar-refractivity contribution in [2.45, 2.75) is 20.3 Å². The van der Waals surface area contributed by atoms with Crippen LogP contribution in [0.25, 0.3) is 0 Å². The van der Waals surface area contributed by atoms with Crippen LogP contribution in [0.2, 0.25) is 0 Å². The molecule has 0 spiro atoms. The fourth-order valence-corrected chi connectivity index (χ4v) is 1.08. The van der Waals surface area contributed by atoms with E-state index >= 15 is 0 Å². The van der Waals surface area contributed by atoms with E-state index in [1.165, 1.54) is 18.5 Å². The normalized spacial score (nSPS) is 10.8. The Morgan fingerprint density at radius 3 is 2.60 bits per heavy atom. The zero-order chi connectivity index (χ0) is 7.82. The minimum absolute atomic E-state index is 0.742. The van der Waals surface area contributed by atoms with Crippen molar-refractivity contribution >= 4 is 12.0 Å². The second kappa shape index (κ2) is 7.38. The molecule has 0 saturated heterocycles. The van der Waals surface area contributed by atoms with Crippen LogP contribution in [0.15, 0.2) is 0 Å². The molecule has 0 rings (SSSR count). The van der Waals surface area contributed by atoms with Crippen LogP contribution < -0.4 is 0 Å². The molecule has 0 aromatic rings. The Morgan fingerprint density at radius 1 is 1.40 bits per heavy atom. The highest BCUT2D eigenvalue weighted by Gasteiger charge is 1.94. The quantitative estimate of drug-likeness (QED) is 0.337. The zero-order valence-corrected chi connectivity index (χ0v) is 7.91. The summed E-state index contributed by atoms with van der Waals surface area (Å²) in [6.07, 6.45) is 1.19. The van der Waals surface area contributed by atoms with Gasteiger partial charge in [-0.15, -0.1) is 0 Å². The maximum atomic E-state index is 5.24. The van der Waals surface area contributed by atoms with E-state index in [0.717, 1.165) is 19.0 Å². The summed E-state index contributed by atoms with van der Waals surface area (Å²) in [7, 11) is 2.07. The Hall–Kier alpha value is 0.270. The van der Waals surface area contributed by atoms with Crippen LogP contribution in [-0.4, -0.2) is 31.0 Å². The summed E-state index contributed by atoms with van der Waals surface area (Å²) in [6.45, 7) is 6.12. The van der Waals surface area contributed by atoms with Crippen molar-refractivity contribution in [2.24, 2.45) is 0 Å². The van der Waals surface area contributed by atoms with Gasteiger partial charge >= 0.3 is 0 Å². The van der Waals surface area contributed by atoms with Crippen molar-refractivity contribution in [3.63, 3.8) is 0 Å². The van der Waals surface area contributed by atoms with Crippen molar-refractivity contribution in [3.8, 4) is 0 Å². The lowest BCUT2D eigenvalue weighted by molar-refractivity contribution is 0.177. The smallest absolute Gasteiger partial charge is 0.114 e. The van der Waals surface area contributed by atoms with E-state index in [1.54, 1.807) is 0 Å². The van der Waals surface area contributed by atoms with Crippen LogP contribution >= 0.6 is 12.0 Å². The summed E-state index contributed by atoms with van der Waals surface area (Å²) in [4.78, 5) is 2.17. The first kappa shape index (κ1) is 10.3. The lowest BCUT2D eigenvalue weighted by Crippen LogP contribution is -2.20. The van der Waals surface area contributed by atoms with Crippen molar-refractivity contribution < 1.29 is 4.18 Å². The van der Waals surface area contributed by atoms with Crippen molar-refractivity contribution in [2.75, 3.05) is 26.1 Å². The molecule has 10 heavy (non-hydrogen) atoms. The van der Waals surface area contributed by atoms with Crippen molar-refractivity contribution in [1.29, 1.82) is 0 Å². The second-order valence-electron chi connectivity index (χ2n) is 2.23. The van der Waals surface area contributed by atoms with Crippen molar-refractivity contribution in [3.05, 3.63) is 0 Å². The molecule has 0 fully saturated rings. The molecule has 62 valence electrons. The summed E-state index contributed by atoms with van der Waals surface area (Å²) in [5.74, 6) is 1.03. The lowest BCUT2D eigenvalue weighted by Gasteiger charge is -2.13. The monoisotopic (exact) mass is 163 g/mol. The lowest BCUT2D eigenvalue weighted by atomic mass is 10.5. The molecular formula is C7H17NOS. The highest BCUT2D eigenvalue weighted by molar-refractivity contribution is 7.94. The molecule has 0 aromatic carbocycles. The summed E-state index contributed by atoms with van der Waals surface area (Å²) in [5.41, 5.74) is 0. The van der Waals surface area contributed by atoms with E-state index in [4.69, 9.17) is 4.18 Å². The van der Waals surface area contributed by atoms with Gasteiger partial charge < -0.3 is 0 Å². The van der Waals surface area contributed by atoms with E-state index in [2.05, 4.69) is 25.8 Å². The first-order valence-corrected chi connectivity index (χ1v) is 4.65. The van der Waals surface area contributed by atoms with Crippen LogP contribution in [0.3, 0.4) is 0 Å². The third-order valence-electron chi connectivity index (χ3n) is 1.08. The molecule has 3 heteroatoms. The van der Waals surface area contributed by atoms with Gasteiger partial charge in [-0.2, -0.15) is 0 Å². The average Bonchev–Trinajstić information content (AvgIpc) is 1.89. The molecule has 0 saturated carbocycles. The Morgan fingerprint density at radius 2 is 2.10 bits per heavy atom. The number of hydrogen-bond donors (Lipinski definition) is 0. The predicted octanol–water partition coefficient (Wildman–Crippen LogP) is 1.97. The molecular weight excluding hydrogens is 146 g/mol. The SMILES string of the molecule is CCCN(C)COSCC. The fourth-order valence-electron chi connectivity index (χ4n) is 0.657. The molecule has 0 bridgehead atoms. The Balaban J connectivity index is 2.97. The standard InChI is InChI=1S/C7H17NOS/c1-4-6-8(3)7-9-10-5-2/h4-7H2,1-3H3. The van der Waals surface area contributed by atoms with Gasteiger partial charge in [-0.1, -0.05) is 13.8 Å². The molecule has 0 aromatic heterocycles. The third kappa shape index (κ3) is 6.39. The minimum Gasteiger partial charge on any atom is -0.300 e. The summed E-state index contributed by atoms with van der Waals surface area (Å²) in [5, 5.41) is 0. The average molecular weight is 163 g/mol. The molecule has 0 unspecified atom stereocenters. The van der Waals surface area contributed by atoms with Crippen LogP contribution in [-0.2, 0) is 4.18 Å². The number of nitrogens with zero attached hydrogens (tertiary/aromatic N) is 1. The fraction of sp³-hybridized carbons (Fsp3) is 1.00. The van der Waals surface area contributed by atoms with E-state index in [0.29, 0.717) is 0 Å². The minimum atomic E-state index is 0.742. The Labute approximate surface area is 68.1 Å². The van der Waals surface area contributed by atoms with E-state index in [-0.39, 0.29) is 0 Å². The first-order valence-electron chi connectivity index (χ1n) is 3.74. The second-order valence-corrected chi connectivity index (χ2v) is 3.28. The maximum absolute atomic E-state index is 5.24. The molecule has 2 nitrogen and oxygen atoms in total. The first-order chi connectivity index (χ1) is 4.81. The molecule has 0 radical (unpaired) electrons. The largest absolute Gasteiger partial charge is 0.300 e. The van der Waals surface area contributed by atoms with Gasteiger partial charge in [0.15, 0.2) is 0 Å². The Kier molecular flexibility index (Phi) is 7.58. The molecule has 0 heterocycles. The highest BCUT2D eigenvalue weighted by Crippen LogP contribution is 2.01. The predicted molar refractivity (Wildman–Crippen MR) is 47.0 cm³/mol. The summed E-state index contributed by atoms with van der Waals surface area (Å²) >= 11 is 1.52. The van der Waals surface area contributed by atoms with Crippen molar-refractivity contribution in [1.82, 2.24) is 4.90 Å². The van der Waals surface area contributed by atoms with Gasteiger partial charge in [0.05, 0.1) is 0 Å². The summed E-state index contributed by atoms with van der Waals surface area (Å²) in [6, 6.07) is 0. The third-order valence-corrected chi connectivity index (χ3v) is 1.59. The Bertz CT molecular complexity index is 70.6. The number of rotatable bonds is 6. The number of hydrogen-bond acceptors (Lipinski definition) is 3. The maximum Gasteiger partial charge on any atom is 0.114 e. The van der Waals surface area contributed by atoms with Crippen LogP contribution in [0, 0.1) is 0 Å². The van der Waals surface area contributed by atoms with Crippen LogP contribution in [0.4, 0.5) is 0 Å². The van der Waals surface area contributed by atoms with Gasteiger partial charge in [0, 0.05) is 5.75 Å². The highest BCUT2D eigenvalue weighted by atomic mass is 32.2. The van der Waals surface area contributed by atoms with E-state index in [9.17, 15) is 0 Å². The van der Waals surface area contributed by atoms with Gasteiger partial charge in [-0.3, -0.25) is 9.08 Å². The van der Waals surface area contributed by atoms with Crippen LogP contribution in [0.5, 0.6) is 0 Å². The van der Waals surface area contributed by atoms with Crippen LogP contribution in [0.1, 0.15) is 20.3 Å². The molecule has 0 aliphatic rings. The molecule has 0 aliphatic heterocycles. The van der Waals surface area contributed by atoms with Gasteiger partial charge in [0.2, 0.25) is 0 Å². The molecule has 0 atom stereocenters. The van der Waals surface area contributed by atoms with Gasteiger partial charge in [-0.25, -0.2) is 0 Å². The zero-order valence-electron chi connectivity index (χ0n) is 7.09. The van der Waals surface area contributed by atoms with Gasteiger partial charge in [0.25, 0.3) is 0 Å². The summed E-state index contributed by atoms with van der Waals surface area (Å²) < 4.78 is 5.24. The molecule has 0 aliphatic carbocycles. The topological polar surface area (TPSA) is 12.5 Å². The van der Waals surface area contributed by atoms with Gasteiger partial charge in [0.1, 0.15) is 6.73 Å².